The fourth-order valence-electron chi connectivity index (χ4n) is 2.39. The van der Waals surface area contributed by atoms with Crippen LogP contribution in [0.4, 0.5) is 4.79 Å². The zero-order valence-electron chi connectivity index (χ0n) is 14.6. The first kappa shape index (κ1) is 18.1. The number of imide groups is 1. The largest absolute Gasteiger partial charge is 0.476 e. The smallest absolute Gasteiger partial charge is 0.321 e. The van der Waals surface area contributed by atoms with Crippen LogP contribution in [0.15, 0.2) is 65.4 Å². The zero-order valence-corrected chi connectivity index (χ0v) is 14.6. The topological polar surface area (TPSA) is 106 Å². The fourth-order valence-corrected chi connectivity index (χ4v) is 2.39. The number of urea groups is 1. The van der Waals surface area contributed by atoms with Gasteiger partial charge in [-0.15, -0.1) is 10.2 Å². The maximum atomic E-state index is 12.6. The lowest BCUT2D eigenvalue weighted by Crippen LogP contribution is -2.42. The first-order valence-corrected chi connectivity index (χ1v) is 8.34. The van der Waals surface area contributed by atoms with E-state index in [1.807, 2.05) is 6.07 Å². The minimum atomic E-state index is -0.983. The van der Waals surface area contributed by atoms with Gasteiger partial charge in [0.15, 0.2) is 0 Å². The minimum Gasteiger partial charge on any atom is -0.476 e. The summed E-state index contributed by atoms with van der Waals surface area (Å²) in [6.45, 7) is 2.17. The van der Waals surface area contributed by atoms with Crippen LogP contribution in [-0.2, 0) is 4.79 Å². The molecular weight excluding hydrogens is 348 g/mol. The molecule has 2 N–H and O–H groups in total. The standard InChI is InChI=1S/C19H18N4O4/c1-2-20-19(25)22-17(24)16(13-6-4-3-5-7-13)27-15-10-8-14(9-11-15)18-23-21-12-26-18/h3-12,16H,2H2,1H3,(H2,20,22,24,25)/t16-/m1/s1. The SMILES string of the molecule is CCNC(=O)NC(=O)[C@H](Oc1ccc(-c2nnco2)cc1)c1ccccc1. The number of nitrogens with one attached hydrogen (secondary N) is 2. The number of nitrogens with zero attached hydrogens (tertiary/aromatic N) is 2. The molecule has 3 amide bonds. The molecule has 27 heavy (non-hydrogen) atoms. The molecule has 0 aliphatic carbocycles. The molecule has 8 heteroatoms. The van der Waals surface area contributed by atoms with E-state index in [1.54, 1.807) is 55.5 Å². The quantitative estimate of drug-likeness (QED) is 0.695. The number of carbonyl (C=O) groups excluding carboxylic acids is 2. The average molecular weight is 366 g/mol. The van der Waals surface area contributed by atoms with E-state index in [1.165, 1.54) is 6.39 Å². The van der Waals surface area contributed by atoms with Gasteiger partial charge >= 0.3 is 6.03 Å². The summed E-state index contributed by atoms with van der Waals surface area (Å²) in [6.07, 6.45) is 0.264. The second-order valence-electron chi connectivity index (χ2n) is 5.53. The lowest BCUT2D eigenvalue weighted by atomic mass is 10.1. The van der Waals surface area contributed by atoms with Crippen molar-refractivity contribution in [2.24, 2.45) is 0 Å². The van der Waals surface area contributed by atoms with Gasteiger partial charge in [0, 0.05) is 17.7 Å². The summed E-state index contributed by atoms with van der Waals surface area (Å²) in [7, 11) is 0. The van der Waals surface area contributed by atoms with Gasteiger partial charge in [-0.25, -0.2) is 4.79 Å². The highest BCUT2D eigenvalue weighted by Crippen LogP contribution is 2.25. The van der Waals surface area contributed by atoms with E-state index in [4.69, 9.17) is 9.15 Å². The van der Waals surface area contributed by atoms with Crippen molar-refractivity contribution in [1.82, 2.24) is 20.8 Å². The molecule has 0 bridgehead atoms. The zero-order chi connectivity index (χ0) is 19.1. The van der Waals surface area contributed by atoms with Gasteiger partial charge in [-0.05, 0) is 31.2 Å². The molecule has 0 unspecified atom stereocenters. The summed E-state index contributed by atoms with van der Waals surface area (Å²) >= 11 is 0. The number of hydrogen-bond donors (Lipinski definition) is 2. The van der Waals surface area contributed by atoms with Crippen LogP contribution in [0.3, 0.4) is 0 Å². The molecule has 0 saturated heterocycles. The van der Waals surface area contributed by atoms with Crippen molar-refractivity contribution < 1.29 is 18.7 Å². The predicted octanol–water partition coefficient (Wildman–Crippen LogP) is 2.70. The molecule has 138 valence electrons. The van der Waals surface area contributed by atoms with Crippen LogP contribution >= 0.6 is 0 Å². The van der Waals surface area contributed by atoms with Crippen LogP contribution in [-0.4, -0.2) is 28.7 Å². The minimum absolute atomic E-state index is 0.384. The third-order valence-corrected chi connectivity index (χ3v) is 3.63. The average Bonchev–Trinajstić information content (AvgIpc) is 3.22. The van der Waals surface area contributed by atoms with Crippen LogP contribution in [0, 0.1) is 0 Å². The van der Waals surface area contributed by atoms with Crippen LogP contribution in [0.25, 0.3) is 11.5 Å². The van der Waals surface area contributed by atoms with Crippen molar-refractivity contribution in [3.8, 4) is 17.2 Å². The summed E-state index contributed by atoms with van der Waals surface area (Å²) in [4.78, 5) is 24.3. The van der Waals surface area contributed by atoms with E-state index in [0.717, 1.165) is 5.56 Å². The highest BCUT2D eigenvalue weighted by Gasteiger charge is 2.24. The maximum Gasteiger partial charge on any atom is 0.321 e. The molecular formula is C19H18N4O4. The first-order valence-electron chi connectivity index (χ1n) is 8.34. The van der Waals surface area contributed by atoms with E-state index < -0.39 is 18.0 Å². The maximum absolute atomic E-state index is 12.6. The van der Waals surface area contributed by atoms with Crippen molar-refractivity contribution in [3.63, 3.8) is 0 Å². The van der Waals surface area contributed by atoms with Gasteiger partial charge in [-0.1, -0.05) is 30.3 Å². The van der Waals surface area contributed by atoms with Gasteiger partial charge in [0.2, 0.25) is 18.4 Å². The Labute approximate surface area is 155 Å². The van der Waals surface area contributed by atoms with Crippen LogP contribution in [0.5, 0.6) is 5.75 Å². The Balaban J connectivity index is 1.79. The first-order chi connectivity index (χ1) is 13.2. The van der Waals surface area contributed by atoms with E-state index in [9.17, 15) is 9.59 Å². The lowest BCUT2D eigenvalue weighted by molar-refractivity contribution is -0.127. The second kappa shape index (κ2) is 8.61. The fraction of sp³-hybridized carbons (Fsp3) is 0.158. The number of rotatable bonds is 6. The molecule has 1 aromatic heterocycles. The molecule has 1 heterocycles. The summed E-state index contributed by atoms with van der Waals surface area (Å²) in [5, 5.41) is 12.3. The number of ether oxygens (including phenoxy) is 1. The van der Waals surface area contributed by atoms with Gasteiger partial charge in [0.05, 0.1) is 0 Å². The number of aromatic nitrogens is 2. The summed E-state index contributed by atoms with van der Waals surface area (Å²) < 4.78 is 11.0. The van der Waals surface area contributed by atoms with E-state index in [0.29, 0.717) is 23.7 Å². The molecule has 1 atom stereocenters. The number of hydrogen-bond acceptors (Lipinski definition) is 6. The van der Waals surface area contributed by atoms with Gasteiger partial charge in [0.25, 0.3) is 5.91 Å². The third kappa shape index (κ3) is 4.69. The molecule has 2 aromatic carbocycles. The Morgan fingerprint density at radius 3 is 2.48 bits per heavy atom. The molecule has 8 nitrogen and oxygen atoms in total. The molecule has 3 rings (SSSR count). The molecule has 0 spiro atoms. The predicted molar refractivity (Wildman–Crippen MR) is 96.8 cm³/mol. The Morgan fingerprint density at radius 1 is 1.11 bits per heavy atom. The van der Waals surface area contributed by atoms with E-state index in [2.05, 4.69) is 20.8 Å². The highest BCUT2D eigenvalue weighted by molar-refractivity contribution is 5.97. The Hall–Kier alpha value is -3.68. The number of benzene rings is 2. The lowest BCUT2D eigenvalue weighted by Gasteiger charge is -2.19. The number of carbonyl (C=O) groups is 2. The molecule has 0 fully saturated rings. The van der Waals surface area contributed by atoms with Gasteiger partial charge in [-0.2, -0.15) is 0 Å². The van der Waals surface area contributed by atoms with Crippen molar-refractivity contribution >= 4 is 11.9 Å². The van der Waals surface area contributed by atoms with Crippen LogP contribution < -0.4 is 15.4 Å². The molecule has 0 saturated carbocycles. The van der Waals surface area contributed by atoms with Crippen LogP contribution in [0.1, 0.15) is 18.6 Å². The molecule has 0 aliphatic heterocycles. The van der Waals surface area contributed by atoms with Gasteiger partial charge < -0.3 is 14.5 Å². The van der Waals surface area contributed by atoms with E-state index in [-0.39, 0.29) is 0 Å². The Morgan fingerprint density at radius 2 is 1.85 bits per heavy atom. The van der Waals surface area contributed by atoms with Crippen molar-refractivity contribution in [3.05, 3.63) is 66.6 Å². The van der Waals surface area contributed by atoms with Gasteiger partial charge in [0.1, 0.15) is 5.75 Å². The summed E-state index contributed by atoms with van der Waals surface area (Å²) in [5.41, 5.74) is 1.35. The van der Waals surface area contributed by atoms with Crippen molar-refractivity contribution in [2.45, 2.75) is 13.0 Å². The molecule has 3 aromatic rings. The Bertz CT molecular complexity index is 880. The highest BCUT2D eigenvalue weighted by atomic mass is 16.5. The second-order valence-corrected chi connectivity index (χ2v) is 5.53. The van der Waals surface area contributed by atoms with E-state index >= 15 is 0 Å². The molecule has 0 aliphatic rings. The number of amides is 3. The third-order valence-electron chi connectivity index (χ3n) is 3.63. The molecule has 0 radical (unpaired) electrons. The van der Waals surface area contributed by atoms with Gasteiger partial charge in [-0.3, -0.25) is 10.1 Å². The summed E-state index contributed by atoms with van der Waals surface area (Å²) in [6, 6.07) is 15.2. The van der Waals surface area contributed by atoms with Crippen molar-refractivity contribution in [2.75, 3.05) is 6.54 Å². The monoisotopic (exact) mass is 366 g/mol. The van der Waals surface area contributed by atoms with Crippen molar-refractivity contribution in [1.29, 1.82) is 0 Å². The normalized spacial score (nSPS) is 11.4. The summed E-state index contributed by atoms with van der Waals surface area (Å²) in [5.74, 6) is 0.279. The van der Waals surface area contributed by atoms with Crippen LogP contribution in [0.2, 0.25) is 0 Å². The Kier molecular flexibility index (Phi) is 5.78.